The van der Waals surface area contributed by atoms with Gasteiger partial charge in [-0.3, -0.25) is 0 Å². The summed E-state index contributed by atoms with van der Waals surface area (Å²) in [4.78, 5) is 0. The van der Waals surface area contributed by atoms with Gasteiger partial charge in [0.1, 0.15) is 0 Å². The highest BCUT2D eigenvalue weighted by atomic mass is 14.9. The van der Waals surface area contributed by atoms with Crippen molar-refractivity contribution in [3.8, 4) is 0 Å². The molecule has 1 aliphatic heterocycles. The molecule has 1 saturated heterocycles. The summed E-state index contributed by atoms with van der Waals surface area (Å²) in [5.74, 6) is 0.932. The second-order valence-electron chi connectivity index (χ2n) is 3.10. The average molecular weight is 142 g/mol. The number of piperidine rings is 1. The number of nitrogens with one attached hydrogen (secondary N) is 2. The molecule has 2 N–H and O–H groups in total. The van der Waals surface area contributed by atoms with Crippen molar-refractivity contribution in [1.29, 1.82) is 0 Å². The maximum absolute atomic E-state index is 3.42. The summed E-state index contributed by atoms with van der Waals surface area (Å²) in [6.45, 7) is 3.64. The van der Waals surface area contributed by atoms with Crippen molar-refractivity contribution in [3.05, 3.63) is 0 Å². The van der Waals surface area contributed by atoms with Crippen LogP contribution in [-0.2, 0) is 0 Å². The van der Waals surface area contributed by atoms with Crippen molar-refractivity contribution in [2.75, 3.05) is 26.7 Å². The van der Waals surface area contributed by atoms with E-state index in [0.717, 1.165) is 5.92 Å². The minimum absolute atomic E-state index is 0.932. The van der Waals surface area contributed by atoms with Crippen LogP contribution in [0.15, 0.2) is 0 Å². The van der Waals surface area contributed by atoms with E-state index in [-0.39, 0.29) is 0 Å². The smallest absolute Gasteiger partial charge is 0.00200 e. The van der Waals surface area contributed by atoms with Crippen LogP contribution in [0.25, 0.3) is 0 Å². The van der Waals surface area contributed by atoms with Gasteiger partial charge >= 0.3 is 0 Å². The lowest BCUT2D eigenvalue weighted by Crippen LogP contribution is -2.31. The minimum Gasteiger partial charge on any atom is -0.320 e. The van der Waals surface area contributed by atoms with Gasteiger partial charge in [-0.1, -0.05) is 0 Å². The van der Waals surface area contributed by atoms with Gasteiger partial charge in [0.25, 0.3) is 0 Å². The van der Waals surface area contributed by atoms with Crippen molar-refractivity contribution in [3.63, 3.8) is 0 Å². The van der Waals surface area contributed by atoms with E-state index in [0.29, 0.717) is 0 Å². The zero-order valence-electron chi connectivity index (χ0n) is 6.82. The molecular formula is C8H18N2. The third-order valence-corrected chi connectivity index (χ3v) is 2.20. The van der Waals surface area contributed by atoms with E-state index in [1.165, 1.54) is 38.9 Å². The molecule has 0 spiro atoms. The normalized spacial score (nSPS) is 26.7. The Morgan fingerprint density at radius 3 is 3.10 bits per heavy atom. The van der Waals surface area contributed by atoms with Gasteiger partial charge in [-0.05, 0) is 51.9 Å². The largest absolute Gasteiger partial charge is 0.320 e. The first-order valence-corrected chi connectivity index (χ1v) is 4.29. The molecule has 60 valence electrons. The van der Waals surface area contributed by atoms with Crippen molar-refractivity contribution in [2.45, 2.75) is 19.3 Å². The molecule has 0 bridgehead atoms. The van der Waals surface area contributed by atoms with Gasteiger partial charge in [0.15, 0.2) is 0 Å². The summed E-state index contributed by atoms with van der Waals surface area (Å²) in [6, 6.07) is 0. The molecular weight excluding hydrogens is 124 g/mol. The molecule has 1 atom stereocenters. The highest BCUT2D eigenvalue weighted by Crippen LogP contribution is 2.12. The SMILES string of the molecule is CNCC[C@@H]1CCCNC1. The standard InChI is InChI=1S/C8H18N2/c1-9-6-4-8-3-2-5-10-7-8/h8-10H,2-7H2,1H3/t8-/m0/s1. The summed E-state index contributed by atoms with van der Waals surface area (Å²) in [7, 11) is 2.02. The van der Waals surface area contributed by atoms with Gasteiger partial charge < -0.3 is 10.6 Å². The Balaban J connectivity index is 2.02. The Hall–Kier alpha value is -0.0800. The van der Waals surface area contributed by atoms with Crippen LogP contribution in [0.5, 0.6) is 0 Å². The summed E-state index contributed by atoms with van der Waals surface area (Å²) in [5.41, 5.74) is 0. The topological polar surface area (TPSA) is 24.1 Å². The molecule has 0 aliphatic carbocycles. The summed E-state index contributed by atoms with van der Waals surface area (Å²) in [5, 5.41) is 6.60. The number of hydrogen-bond donors (Lipinski definition) is 2. The molecule has 0 aromatic carbocycles. The first-order chi connectivity index (χ1) is 4.93. The van der Waals surface area contributed by atoms with Gasteiger partial charge in [-0.15, -0.1) is 0 Å². The van der Waals surface area contributed by atoms with Gasteiger partial charge in [0.05, 0.1) is 0 Å². The third-order valence-electron chi connectivity index (χ3n) is 2.20. The third kappa shape index (κ3) is 2.67. The van der Waals surface area contributed by atoms with E-state index < -0.39 is 0 Å². The number of hydrogen-bond acceptors (Lipinski definition) is 2. The molecule has 0 saturated carbocycles. The Bertz CT molecular complexity index is 77.3. The molecule has 1 aliphatic rings. The van der Waals surface area contributed by atoms with Gasteiger partial charge in [0.2, 0.25) is 0 Å². The zero-order valence-corrected chi connectivity index (χ0v) is 6.82. The second-order valence-corrected chi connectivity index (χ2v) is 3.10. The van der Waals surface area contributed by atoms with Crippen LogP contribution in [0.1, 0.15) is 19.3 Å². The molecule has 10 heavy (non-hydrogen) atoms. The first-order valence-electron chi connectivity index (χ1n) is 4.29. The predicted octanol–water partition coefficient (Wildman–Crippen LogP) is 0.595. The Morgan fingerprint density at radius 1 is 1.60 bits per heavy atom. The molecule has 1 rings (SSSR count). The van der Waals surface area contributed by atoms with Crippen molar-refractivity contribution >= 4 is 0 Å². The molecule has 0 unspecified atom stereocenters. The highest BCUT2D eigenvalue weighted by molar-refractivity contribution is 4.69. The van der Waals surface area contributed by atoms with Crippen LogP contribution in [-0.4, -0.2) is 26.7 Å². The molecule has 0 aromatic heterocycles. The molecule has 2 nitrogen and oxygen atoms in total. The van der Waals surface area contributed by atoms with E-state index in [1.807, 2.05) is 7.05 Å². The Morgan fingerprint density at radius 2 is 2.50 bits per heavy atom. The number of rotatable bonds is 3. The Labute approximate surface area is 63.4 Å². The van der Waals surface area contributed by atoms with Crippen molar-refractivity contribution in [2.24, 2.45) is 5.92 Å². The minimum atomic E-state index is 0.932. The lowest BCUT2D eigenvalue weighted by atomic mass is 9.96. The monoisotopic (exact) mass is 142 g/mol. The maximum atomic E-state index is 3.42. The van der Waals surface area contributed by atoms with E-state index >= 15 is 0 Å². The molecule has 1 fully saturated rings. The lowest BCUT2D eigenvalue weighted by molar-refractivity contribution is 0.355. The quantitative estimate of drug-likeness (QED) is 0.603. The van der Waals surface area contributed by atoms with E-state index in [1.54, 1.807) is 0 Å². The Kier molecular flexibility index (Phi) is 3.76. The van der Waals surface area contributed by atoms with Crippen LogP contribution >= 0.6 is 0 Å². The molecule has 0 radical (unpaired) electrons. The van der Waals surface area contributed by atoms with Crippen LogP contribution in [0.3, 0.4) is 0 Å². The van der Waals surface area contributed by atoms with Gasteiger partial charge in [-0.25, -0.2) is 0 Å². The van der Waals surface area contributed by atoms with E-state index in [2.05, 4.69) is 10.6 Å². The molecule has 1 heterocycles. The van der Waals surface area contributed by atoms with Gasteiger partial charge in [-0.2, -0.15) is 0 Å². The fourth-order valence-electron chi connectivity index (χ4n) is 1.52. The summed E-state index contributed by atoms with van der Waals surface area (Å²) < 4.78 is 0. The molecule has 0 aromatic rings. The predicted molar refractivity (Wildman–Crippen MR) is 44.1 cm³/mol. The van der Waals surface area contributed by atoms with E-state index in [9.17, 15) is 0 Å². The van der Waals surface area contributed by atoms with Crippen molar-refractivity contribution in [1.82, 2.24) is 10.6 Å². The van der Waals surface area contributed by atoms with Crippen molar-refractivity contribution < 1.29 is 0 Å². The van der Waals surface area contributed by atoms with Crippen LogP contribution < -0.4 is 10.6 Å². The summed E-state index contributed by atoms with van der Waals surface area (Å²) >= 11 is 0. The second kappa shape index (κ2) is 4.69. The lowest BCUT2D eigenvalue weighted by Gasteiger charge is -2.22. The zero-order chi connectivity index (χ0) is 7.23. The van der Waals surface area contributed by atoms with E-state index in [4.69, 9.17) is 0 Å². The van der Waals surface area contributed by atoms with Crippen LogP contribution in [0, 0.1) is 5.92 Å². The fraction of sp³-hybridized carbons (Fsp3) is 1.00. The van der Waals surface area contributed by atoms with Crippen LogP contribution in [0.4, 0.5) is 0 Å². The average Bonchev–Trinajstić information content (AvgIpc) is 2.03. The molecule has 0 amide bonds. The summed E-state index contributed by atoms with van der Waals surface area (Å²) in [6.07, 6.45) is 4.13. The van der Waals surface area contributed by atoms with Crippen LogP contribution in [0.2, 0.25) is 0 Å². The fourth-order valence-corrected chi connectivity index (χ4v) is 1.52. The first kappa shape index (κ1) is 8.02. The highest BCUT2D eigenvalue weighted by Gasteiger charge is 2.10. The van der Waals surface area contributed by atoms with Gasteiger partial charge in [0, 0.05) is 0 Å². The maximum Gasteiger partial charge on any atom is -0.00200 e. The molecule has 2 heteroatoms.